The number of ether oxygens (including phenoxy) is 3. The summed E-state index contributed by atoms with van der Waals surface area (Å²) < 4.78 is 15.8. The summed E-state index contributed by atoms with van der Waals surface area (Å²) in [6.07, 6.45) is 6.81. The molecule has 0 saturated carbocycles. The van der Waals surface area contributed by atoms with Crippen LogP contribution in [0.2, 0.25) is 0 Å². The normalized spacial score (nSPS) is 29.4. The van der Waals surface area contributed by atoms with E-state index in [1.54, 1.807) is 7.11 Å². The van der Waals surface area contributed by atoms with Crippen LogP contribution in [0.1, 0.15) is 46.0 Å². The van der Waals surface area contributed by atoms with Crippen molar-refractivity contribution in [2.45, 2.75) is 57.7 Å². The van der Waals surface area contributed by atoms with Gasteiger partial charge in [-0.15, -0.1) is 0 Å². The Morgan fingerprint density at radius 2 is 2.07 bits per heavy atom. The monoisotopic (exact) mass is 216 g/mol. The van der Waals surface area contributed by atoms with Gasteiger partial charge < -0.3 is 14.2 Å². The van der Waals surface area contributed by atoms with Gasteiger partial charge in [0, 0.05) is 7.11 Å². The lowest BCUT2D eigenvalue weighted by atomic mass is 10.0. The smallest absolute Gasteiger partial charge is 0.146 e. The minimum atomic E-state index is -0.0370. The van der Waals surface area contributed by atoms with E-state index in [0.717, 1.165) is 0 Å². The Hall–Kier alpha value is -0.120. The Kier molecular flexibility index (Phi) is 5.58. The van der Waals surface area contributed by atoms with Gasteiger partial charge in [-0.1, -0.05) is 32.6 Å². The third kappa shape index (κ3) is 4.49. The summed E-state index contributed by atoms with van der Waals surface area (Å²) in [6, 6.07) is 0. The third-order valence-electron chi connectivity index (χ3n) is 2.95. The van der Waals surface area contributed by atoms with Crippen LogP contribution in [0.3, 0.4) is 0 Å². The van der Waals surface area contributed by atoms with Crippen molar-refractivity contribution in [3.8, 4) is 0 Å². The second-order valence-electron chi connectivity index (χ2n) is 4.52. The fourth-order valence-electron chi connectivity index (χ4n) is 1.87. The summed E-state index contributed by atoms with van der Waals surface area (Å²) in [6.45, 7) is 5.37. The van der Waals surface area contributed by atoms with Crippen molar-refractivity contribution >= 4 is 0 Å². The van der Waals surface area contributed by atoms with Gasteiger partial charge in [0.1, 0.15) is 12.4 Å². The predicted octanol–water partition coefficient (Wildman–Crippen LogP) is 2.73. The minimum absolute atomic E-state index is 0.0370. The molecule has 0 aromatic heterocycles. The summed E-state index contributed by atoms with van der Waals surface area (Å²) >= 11 is 0. The van der Waals surface area contributed by atoms with Crippen LogP contribution in [0, 0.1) is 0 Å². The molecule has 0 bridgehead atoms. The predicted molar refractivity (Wildman–Crippen MR) is 59.9 cm³/mol. The van der Waals surface area contributed by atoms with E-state index in [1.165, 1.54) is 32.1 Å². The highest BCUT2D eigenvalue weighted by Crippen LogP contribution is 2.39. The van der Waals surface area contributed by atoms with E-state index in [1.807, 2.05) is 0 Å². The van der Waals surface area contributed by atoms with E-state index < -0.39 is 0 Å². The second kappa shape index (κ2) is 6.46. The van der Waals surface area contributed by atoms with Crippen LogP contribution >= 0.6 is 0 Å². The molecule has 0 N–H and O–H groups in total. The first-order valence-electron chi connectivity index (χ1n) is 5.97. The maximum Gasteiger partial charge on any atom is 0.146 e. The molecule has 0 amide bonds. The lowest BCUT2D eigenvalue weighted by Crippen LogP contribution is -2.19. The molecule has 15 heavy (non-hydrogen) atoms. The van der Waals surface area contributed by atoms with Gasteiger partial charge in [0.2, 0.25) is 0 Å². The first-order chi connectivity index (χ1) is 7.23. The van der Waals surface area contributed by atoms with Crippen molar-refractivity contribution in [1.29, 1.82) is 0 Å². The summed E-state index contributed by atoms with van der Waals surface area (Å²) in [7, 11) is 1.64. The first-order valence-corrected chi connectivity index (χ1v) is 5.97. The van der Waals surface area contributed by atoms with Gasteiger partial charge >= 0.3 is 0 Å². The molecule has 1 heterocycles. The van der Waals surface area contributed by atoms with E-state index in [0.29, 0.717) is 19.5 Å². The van der Waals surface area contributed by atoms with Crippen LogP contribution in [-0.4, -0.2) is 32.2 Å². The zero-order chi connectivity index (χ0) is 11.1. The summed E-state index contributed by atoms with van der Waals surface area (Å²) in [5, 5.41) is 0. The molecule has 1 aliphatic heterocycles. The fourth-order valence-corrected chi connectivity index (χ4v) is 1.87. The van der Waals surface area contributed by atoms with Crippen molar-refractivity contribution in [3.05, 3.63) is 0 Å². The van der Waals surface area contributed by atoms with Gasteiger partial charge in [-0.05, 0) is 13.3 Å². The number of hydrogen-bond donors (Lipinski definition) is 0. The molecule has 0 radical (unpaired) electrons. The first kappa shape index (κ1) is 12.9. The summed E-state index contributed by atoms with van der Waals surface area (Å²) in [5.41, 5.74) is -0.0370. The number of hydrogen-bond acceptors (Lipinski definition) is 3. The topological polar surface area (TPSA) is 31.0 Å². The van der Waals surface area contributed by atoms with Crippen molar-refractivity contribution in [3.63, 3.8) is 0 Å². The molecule has 3 heteroatoms. The molecule has 3 nitrogen and oxygen atoms in total. The lowest BCUT2D eigenvalue weighted by molar-refractivity contribution is -0.0463. The average Bonchev–Trinajstić information content (AvgIpc) is 2.85. The molecule has 0 aliphatic carbocycles. The van der Waals surface area contributed by atoms with E-state index in [9.17, 15) is 0 Å². The van der Waals surface area contributed by atoms with Gasteiger partial charge in [0.15, 0.2) is 0 Å². The van der Waals surface area contributed by atoms with Crippen molar-refractivity contribution < 1.29 is 14.2 Å². The molecule has 1 rings (SSSR count). The number of unbranched alkanes of at least 4 members (excludes halogenated alkanes) is 3. The highest BCUT2D eigenvalue weighted by molar-refractivity contribution is 4.98. The van der Waals surface area contributed by atoms with Crippen LogP contribution in [0.4, 0.5) is 0 Å². The Bertz CT molecular complexity index is 172. The van der Waals surface area contributed by atoms with Crippen molar-refractivity contribution in [1.82, 2.24) is 0 Å². The van der Waals surface area contributed by atoms with Gasteiger partial charge in [0.25, 0.3) is 0 Å². The third-order valence-corrected chi connectivity index (χ3v) is 2.95. The van der Waals surface area contributed by atoms with Gasteiger partial charge in [-0.25, -0.2) is 0 Å². The number of epoxide rings is 1. The molecule has 0 aromatic carbocycles. The highest BCUT2D eigenvalue weighted by Gasteiger charge is 2.51. The Morgan fingerprint density at radius 3 is 2.73 bits per heavy atom. The standard InChI is InChI=1S/C12H24O3/c1-4-5-6-7-8-11-12(2,15-11)9-14-10-13-3/h11H,4-10H2,1-3H3/t11-,12-/m1/s1. The van der Waals surface area contributed by atoms with E-state index >= 15 is 0 Å². The molecule has 1 aliphatic rings. The lowest BCUT2D eigenvalue weighted by Gasteiger charge is -2.06. The molecule has 1 saturated heterocycles. The molecular weight excluding hydrogens is 192 g/mol. The molecule has 1 fully saturated rings. The van der Waals surface area contributed by atoms with Crippen LogP contribution < -0.4 is 0 Å². The van der Waals surface area contributed by atoms with Crippen molar-refractivity contribution in [2.75, 3.05) is 20.5 Å². The quantitative estimate of drug-likeness (QED) is 0.337. The molecular formula is C12H24O3. The van der Waals surface area contributed by atoms with Crippen LogP contribution in [-0.2, 0) is 14.2 Å². The van der Waals surface area contributed by atoms with Crippen LogP contribution in [0.15, 0.2) is 0 Å². The van der Waals surface area contributed by atoms with Gasteiger partial charge in [-0.3, -0.25) is 0 Å². The van der Waals surface area contributed by atoms with Gasteiger partial charge in [-0.2, -0.15) is 0 Å². The number of rotatable bonds is 9. The maximum atomic E-state index is 5.65. The Morgan fingerprint density at radius 1 is 1.27 bits per heavy atom. The average molecular weight is 216 g/mol. The second-order valence-corrected chi connectivity index (χ2v) is 4.52. The molecule has 0 unspecified atom stereocenters. The zero-order valence-corrected chi connectivity index (χ0v) is 10.3. The van der Waals surface area contributed by atoms with Gasteiger partial charge in [0.05, 0.1) is 12.7 Å². The Labute approximate surface area is 93.1 Å². The van der Waals surface area contributed by atoms with E-state index in [2.05, 4.69) is 13.8 Å². The number of methoxy groups -OCH3 is 1. The highest BCUT2D eigenvalue weighted by atomic mass is 16.7. The Balaban J connectivity index is 1.99. The summed E-state index contributed by atoms with van der Waals surface area (Å²) in [4.78, 5) is 0. The van der Waals surface area contributed by atoms with Crippen molar-refractivity contribution in [2.24, 2.45) is 0 Å². The largest absolute Gasteiger partial charge is 0.364 e. The SMILES string of the molecule is CCCCCC[C@H]1O[C@]1(C)COCOC. The molecule has 0 aromatic rings. The summed E-state index contributed by atoms with van der Waals surface area (Å²) in [5.74, 6) is 0. The molecule has 90 valence electrons. The molecule has 0 spiro atoms. The maximum absolute atomic E-state index is 5.65. The fraction of sp³-hybridized carbons (Fsp3) is 1.00. The van der Waals surface area contributed by atoms with Crippen LogP contribution in [0.25, 0.3) is 0 Å². The molecule has 2 atom stereocenters. The minimum Gasteiger partial charge on any atom is -0.364 e. The van der Waals surface area contributed by atoms with E-state index in [-0.39, 0.29) is 5.60 Å². The van der Waals surface area contributed by atoms with Crippen LogP contribution in [0.5, 0.6) is 0 Å². The van der Waals surface area contributed by atoms with E-state index in [4.69, 9.17) is 14.2 Å². The zero-order valence-electron chi connectivity index (χ0n) is 10.3.